The second-order valence-corrected chi connectivity index (χ2v) is 6.59. The molecule has 2 N–H and O–H groups in total. The van der Waals surface area contributed by atoms with E-state index in [1.165, 1.54) is 0 Å². The molecule has 1 aromatic carbocycles. The largest absolute Gasteiger partial charge is 0.480 e. The number of ether oxygens (including phenoxy) is 1. The van der Waals surface area contributed by atoms with E-state index < -0.39 is 6.10 Å². The first-order valence-corrected chi connectivity index (χ1v) is 8.24. The molecule has 2 rings (SSSR count). The second-order valence-electron chi connectivity index (χ2n) is 5.74. The van der Waals surface area contributed by atoms with Crippen molar-refractivity contribution < 1.29 is 9.53 Å². The molecule has 1 fully saturated rings. The van der Waals surface area contributed by atoms with Crippen LogP contribution in [0.3, 0.4) is 0 Å². The summed E-state index contributed by atoms with van der Waals surface area (Å²) in [6.07, 6.45) is 1.62. The van der Waals surface area contributed by atoms with Crippen LogP contribution >= 0.6 is 15.9 Å². The molecule has 0 aliphatic carbocycles. The van der Waals surface area contributed by atoms with E-state index in [4.69, 9.17) is 10.5 Å². The molecule has 21 heavy (non-hydrogen) atoms. The first-order valence-electron chi connectivity index (χ1n) is 7.44. The van der Waals surface area contributed by atoms with Crippen LogP contribution in [0.2, 0.25) is 0 Å². The van der Waals surface area contributed by atoms with Crippen LogP contribution in [0.1, 0.15) is 26.7 Å². The molecule has 5 heteroatoms. The first-order chi connectivity index (χ1) is 9.99. The molecule has 0 unspecified atom stereocenters. The Kier molecular flexibility index (Phi) is 5.65. The molecule has 116 valence electrons. The highest BCUT2D eigenvalue weighted by Gasteiger charge is 2.29. The van der Waals surface area contributed by atoms with Crippen molar-refractivity contribution in [3.05, 3.63) is 28.7 Å². The maximum atomic E-state index is 12.5. The van der Waals surface area contributed by atoms with Crippen LogP contribution in [0.25, 0.3) is 0 Å². The van der Waals surface area contributed by atoms with Gasteiger partial charge in [-0.25, -0.2) is 0 Å². The van der Waals surface area contributed by atoms with Gasteiger partial charge in [0.15, 0.2) is 6.10 Å². The van der Waals surface area contributed by atoms with Crippen LogP contribution in [-0.2, 0) is 4.79 Å². The molecule has 1 aliphatic rings. The van der Waals surface area contributed by atoms with E-state index in [2.05, 4.69) is 15.9 Å². The van der Waals surface area contributed by atoms with Crippen LogP contribution in [-0.4, -0.2) is 36.0 Å². The summed E-state index contributed by atoms with van der Waals surface area (Å²) in [7, 11) is 0. The molecular formula is C16H23BrN2O2. The van der Waals surface area contributed by atoms with Crippen molar-refractivity contribution in [3.8, 4) is 5.75 Å². The van der Waals surface area contributed by atoms with Crippen molar-refractivity contribution in [2.75, 3.05) is 13.1 Å². The topological polar surface area (TPSA) is 55.6 Å². The van der Waals surface area contributed by atoms with Gasteiger partial charge in [0.05, 0.1) is 4.47 Å². The number of benzene rings is 1. The lowest BCUT2D eigenvalue weighted by molar-refractivity contribution is -0.139. The normalized spacial score (nSPS) is 21.7. The van der Waals surface area contributed by atoms with E-state index in [9.17, 15) is 4.79 Å². The van der Waals surface area contributed by atoms with Crippen LogP contribution < -0.4 is 10.5 Å². The van der Waals surface area contributed by atoms with Gasteiger partial charge < -0.3 is 15.4 Å². The molecule has 0 aromatic heterocycles. The Morgan fingerprint density at radius 3 is 2.81 bits per heavy atom. The molecule has 1 aromatic rings. The van der Waals surface area contributed by atoms with Gasteiger partial charge in [0.25, 0.3) is 5.91 Å². The Hall–Kier alpha value is -1.07. The molecule has 1 heterocycles. The number of halogens is 1. The lowest BCUT2D eigenvalue weighted by atomic mass is 9.92. The van der Waals surface area contributed by atoms with Gasteiger partial charge in [0.1, 0.15) is 5.75 Å². The first kappa shape index (κ1) is 16.3. The van der Waals surface area contributed by atoms with E-state index in [0.717, 1.165) is 30.4 Å². The van der Waals surface area contributed by atoms with Gasteiger partial charge in [0.2, 0.25) is 0 Å². The van der Waals surface area contributed by atoms with Crippen LogP contribution in [0, 0.1) is 5.92 Å². The number of nitrogens with two attached hydrogens (primary N) is 1. The lowest BCUT2D eigenvalue weighted by Gasteiger charge is -2.35. The number of para-hydroxylation sites is 1. The Morgan fingerprint density at radius 1 is 1.43 bits per heavy atom. The molecule has 0 radical (unpaired) electrons. The molecule has 0 spiro atoms. The van der Waals surface area contributed by atoms with Crippen molar-refractivity contribution in [1.29, 1.82) is 0 Å². The van der Waals surface area contributed by atoms with Crippen molar-refractivity contribution in [3.63, 3.8) is 0 Å². The summed E-state index contributed by atoms with van der Waals surface area (Å²) in [5.74, 6) is 1.12. The molecule has 1 aliphatic heterocycles. The summed E-state index contributed by atoms with van der Waals surface area (Å²) in [6, 6.07) is 7.69. The number of amides is 1. The molecule has 1 saturated heterocycles. The minimum atomic E-state index is -0.490. The maximum absolute atomic E-state index is 12.5. The van der Waals surface area contributed by atoms with Gasteiger partial charge in [-0.2, -0.15) is 0 Å². The smallest absolute Gasteiger partial charge is 0.263 e. The highest BCUT2D eigenvalue weighted by atomic mass is 79.9. The summed E-state index contributed by atoms with van der Waals surface area (Å²) >= 11 is 3.43. The fourth-order valence-corrected chi connectivity index (χ4v) is 3.06. The summed E-state index contributed by atoms with van der Waals surface area (Å²) in [4.78, 5) is 14.4. The van der Waals surface area contributed by atoms with Gasteiger partial charge in [-0.3, -0.25) is 4.79 Å². The third kappa shape index (κ3) is 4.20. The number of carbonyl (C=O) groups excluding carboxylic acids is 1. The average Bonchev–Trinajstić information content (AvgIpc) is 2.49. The molecule has 4 nitrogen and oxygen atoms in total. The zero-order valence-corrected chi connectivity index (χ0v) is 14.2. The predicted octanol–water partition coefficient (Wildman–Crippen LogP) is 2.80. The molecule has 3 atom stereocenters. The molecule has 0 bridgehead atoms. The van der Waals surface area contributed by atoms with E-state index in [0.29, 0.717) is 11.7 Å². The summed E-state index contributed by atoms with van der Waals surface area (Å²) in [6.45, 7) is 5.35. The lowest BCUT2D eigenvalue weighted by Crippen LogP contribution is -2.48. The summed E-state index contributed by atoms with van der Waals surface area (Å²) in [5, 5.41) is 0. The minimum absolute atomic E-state index is 0.0381. The van der Waals surface area contributed by atoms with Crippen LogP contribution in [0.4, 0.5) is 0 Å². The number of nitrogens with zero attached hydrogens (tertiary/aromatic N) is 1. The average molecular weight is 355 g/mol. The van der Waals surface area contributed by atoms with Gasteiger partial charge >= 0.3 is 0 Å². The summed E-state index contributed by atoms with van der Waals surface area (Å²) in [5.41, 5.74) is 5.97. The number of likely N-dealkylation sites (tertiary alicyclic amines) is 1. The zero-order valence-electron chi connectivity index (χ0n) is 12.6. The van der Waals surface area contributed by atoms with Crippen molar-refractivity contribution in [2.24, 2.45) is 11.7 Å². The van der Waals surface area contributed by atoms with Gasteiger partial charge in [-0.15, -0.1) is 0 Å². The Bertz CT molecular complexity index is 493. The predicted molar refractivity (Wildman–Crippen MR) is 87.2 cm³/mol. The minimum Gasteiger partial charge on any atom is -0.480 e. The fourth-order valence-electron chi connectivity index (χ4n) is 2.68. The number of carbonyl (C=O) groups is 1. The number of hydrogen-bond donors (Lipinski definition) is 1. The Labute approximate surface area is 134 Å². The molecule has 1 amide bonds. The zero-order chi connectivity index (χ0) is 15.4. The monoisotopic (exact) mass is 354 g/mol. The quantitative estimate of drug-likeness (QED) is 0.904. The van der Waals surface area contributed by atoms with E-state index >= 15 is 0 Å². The van der Waals surface area contributed by atoms with Gasteiger partial charge in [0, 0.05) is 19.1 Å². The molecular weight excluding hydrogens is 332 g/mol. The van der Waals surface area contributed by atoms with Crippen LogP contribution in [0.5, 0.6) is 5.75 Å². The van der Waals surface area contributed by atoms with E-state index in [1.54, 1.807) is 6.92 Å². The Morgan fingerprint density at radius 2 is 2.14 bits per heavy atom. The fraction of sp³-hybridized carbons (Fsp3) is 0.562. The van der Waals surface area contributed by atoms with Crippen LogP contribution in [0.15, 0.2) is 28.7 Å². The SMILES string of the molecule is C[C@H](Oc1ccccc1Br)C(=O)N1CCC[C@H]([C@H](C)N)C1. The highest BCUT2D eigenvalue weighted by Crippen LogP contribution is 2.26. The highest BCUT2D eigenvalue weighted by molar-refractivity contribution is 9.10. The van der Waals surface area contributed by atoms with E-state index in [-0.39, 0.29) is 11.9 Å². The maximum Gasteiger partial charge on any atom is 0.263 e. The summed E-state index contributed by atoms with van der Waals surface area (Å²) < 4.78 is 6.64. The number of hydrogen-bond acceptors (Lipinski definition) is 3. The third-order valence-electron chi connectivity index (χ3n) is 4.00. The van der Waals surface area contributed by atoms with Gasteiger partial charge in [-0.1, -0.05) is 12.1 Å². The van der Waals surface area contributed by atoms with Crippen molar-refractivity contribution >= 4 is 21.8 Å². The number of rotatable bonds is 4. The van der Waals surface area contributed by atoms with Gasteiger partial charge in [-0.05, 0) is 60.7 Å². The standard InChI is InChI=1S/C16H23BrN2O2/c1-11(18)13-6-5-9-19(10-13)16(20)12(2)21-15-8-4-3-7-14(15)17/h3-4,7-8,11-13H,5-6,9-10,18H2,1-2H3/t11-,12-,13-/m0/s1. The second kappa shape index (κ2) is 7.27. The van der Waals surface area contributed by atoms with E-state index in [1.807, 2.05) is 36.1 Å². The Balaban J connectivity index is 1.97. The molecule has 0 saturated carbocycles. The van der Waals surface area contributed by atoms with Crippen molar-refractivity contribution in [1.82, 2.24) is 4.90 Å². The van der Waals surface area contributed by atoms with Crippen molar-refractivity contribution in [2.45, 2.75) is 38.8 Å². The third-order valence-corrected chi connectivity index (χ3v) is 4.66. The number of piperidine rings is 1.